The average molecular weight is 226 g/mol. The third-order valence-electron chi connectivity index (χ3n) is 3.62. The molecular weight excluding hydrogens is 208 g/mol. The molecule has 0 aromatic heterocycles. The molecule has 88 valence electrons. The Morgan fingerprint density at radius 2 is 1.82 bits per heavy atom. The van der Waals surface area contributed by atoms with E-state index in [-0.39, 0.29) is 5.54 Å². The van der Waals surface area contributed by atoms with E-state index in [1.165, 1.54) is 16.5 Å². The molecule has 17 heavy (non-hydrogen) atoms. The van der Waals surface area contributed by atoms with Crippen LogP contribution < -0.4 is 10.6 Å². The molecule has 1 saturated carbocycles. The molecule has 2 aromatic rings. The summed E-state index contributed by atoms with van der Waals surface area (Å²) in [5, 5.41) is 2.58. The minimum Gasteiger partial charge on any atom is -0.373 e. The Morgan fingerprint density at radius 1 is 1.12 bits per heavy atom. The Morgan fingerprint density at radius 3 is 2.53 bits per heavy atom. The van der Waals surface area contributed by atoms with Crippen LogP contribution in [0.25, 0.3) is 10.8 Å². The van der Waals surface area contributed by atoms with Crippen LogP contribution in [0.1, 0.15) is 12.8 Å². The third kappa shape index (κ3) is 2.13. The highest BCUT2D eigenvalue weighted by Crippen LogP contribution is 2.34. The van der Waals surface area contributed by atoms with Gasteiger partial charge in [0.25, 0.3) is 0 Å². The van der Waals surface area contributed by atoms with Crippen molar-refractivity contribution in [2.75, 3.05) is 18.5 Å². The van der Waals surface area contributed by atoms with Crippen molar-refractivity contribution in [3.05, 3.63) is 42.5 Å². The first kappa shape index (κ1) is 10.6. The largest absolute Gasteiger partial charge is 0.373 e. The lowest BCUT2D eigenvalue weighted by Crippen LogP contribution is -2.37. The molecule has 2 nitrogen and oxygen atoms in total. The zero-order valence-corrected chi connectivity index (χ0v) is 10.2. The van der Waals surface area contributed by atoms with Gasteiger partial charge in [0.15, 0.2) is 0 Å². The lowest BCUT2D eigenvalue weighted by Gasteiger charge is -2.23. The Bertz CT molecular complexity index is 543. The zero-order chi connectivity index (χ0) is 11.9. The van der Waals surface area contributed by atoms with Crippen LogP contribution in [-0.2, 0) is 0 Å². The molecule has 2 aromatic carbocycles. The second-order valence-electron chi connectivity index (χ2n) is 5.25. The van der Waals surface area contributed by atoms with Gasteiger partial charge < -0.3 is 10.6 Å². The van der Waals surface area contributed by atoms with Crippen LogP contribution in [0.2, 0.25) is 0 Å². The van der Waals surface area contributed by atoms with E-state index < -0.39 is 0 Å². The molecule has 2 heteroatoms. The predicted octanol–water partition coefficient (Wildman–Crippen LogP) is 2.77. The summed E-state index contributed by atoms with van der Waals surface area (Å²) < 4.78 is 0. The molecule has 0 amide bonds. The Hall–Kier alpha value is -1.54. The van der Waals surface area contributed by atoms with Crippen molar-refractivity contribution in [1.82, 2.24) is 0 Å². The van der Waals surface area contributed by atoms with E-state index in [1.807, 2.05) is 0 Å². The van der Waals surface area contributed by atoms with Gasteiger partial charge in [0.2, 0.25) is 0 Å². The number of hydrogen-bond donors (Lipinski definition) is 1. The number of nitrogens with zero attached hydrogens (tertiary/aromatic N) is 1. The molecule has 0 heterocycles. The lowest BCUT2D eigenvalue weighted by atomic mass is 10.1. The van der Waals surface area contributed by atoms with E-state index in [2.05, 4.69) is 54.4 Å². The van der Waals surface area contributed by atoms with Crippen LogP contribution in [0.15, 0.2) is 42.5 Å². The standard InChI is InChI=1S/C15H18N2/c1-17(11-15(16)8-9-15)14-7-6-12-4-2-3-5-13(12)10-14/h2-7,10H,8-9,11,16H2,1H3. The van der Waals surface area contributed by atoms with Crippen LogP contribution in [0.3, 0.4) is 0 Å². The van der Waals surface area contributed by atoms with E-state index in [0.29, 0.717) is 0 Å². The molecule has 0 unspecified atom stereocenters. The van der Waals surface area contributed by atoms with Crippen molar-refractivity contribution < 1.29 is 0 Å². The molecule has 0 radical (unpaired) electrons. The number of fused-ring (bicyclic) bond motifs is 1. The average Bonchev–Trinajstić information content (AvgIpc) is 3.06. The van der Waals surface area contributed by atoms with Crippen molar-refractivity contribution in [3.8, 4) is 0 Å². The van der Waals surface area contributed by atoms with Gasteiger partial charge in [-0.1, -0.05) is 30.3 Å². The SMILES string of the molecule is CN(CC1(N)CC1)c1ccc2ccccc2c1. The third-order valence-corrected chi connectivity index (χ3v) is 3.62. The minimum absolute atomic E-state index is 0.0698. The summed E-state index contributed by atoms with van der Waals surface area (Å²) >= 11 is 0. The van der Waals surface area contributed by atoms with Crippen LogP contribution in [0, 0.1) is 0 Å². The fraction of sp³-hybridized carbons (Fsp3) is 0.333. The summed E-state index contributed by atoms with van der Waals surface area (Å²) in [6.45, 7) is 0.950. The zero-order valence-electron chi connectivity index (χ0n) is 10.2. The monoisotopic (exact) mass is 226 g/mol. The van der Waals surface area contributed by atoms with Gasteiger partial charge in [-0.3, -0.25) is 0 Å². The molecule has 1 aliphatic carbocycles. The molecule has 0 saturated heterocycles. The Labute approximate surface area is 102 Å². The number of anilines is 1. The summed E-state index contributed by atoms with van der Waals surface area (Å²) in [4.78, 5) is 2.26. The second-order valence-corrected chi connectivity index (χ2v) is 5.25. The predicted molar refractivity (Wildman–Crippen MR) is 73.4 cm³/mol. The first-order valence-corrected chi connectivity index (χ1v) is 6.15. The van der Waals surface area contributed by atoms with Crippen molar-refractivity contribution in [2.24, 2.45) is 5.73 Å². The highest BCUT2D eigenvalue weighted by Gasteiger charge is 2.39. The Kier molecular flexibility index (Phi) is 2.33. The van der Waals surface area contributed by atoms with Gasteiger partial charge in [0.05, 0.1) is 0 Å². The number of benzene rings is 2. The summed E-state index contributed by atoms with van der Waals surface area (Å²) in [6.07, 6.45) is 2.32. The number of rotatable bonds is 3. The topological polar surface area (TPSA) is 29.3 Å². The molecule has 0 atom stereocenters. The van der Waals surface area contributed by atoms with Crippen LogP contribution in [-0.4, -0.2) is 19.1 Å². The first-order chi connectivity index (χ1) is 8.16. The highest BCUT2D eigenvalue weighted by atomic mass is 15.1. The van der Waals surface area contributed by atoms with Gasteiger partial charge in [-0.25, -0.2) is 0 Å². The van der Waals surface area contributed by atoms with Gasteiger partial charge in [0.1, 0.15) is 0 Å². The Balaban J connectivity index is 1.89. The van der Waals surface area contributed by atoms with Crippen molar-refractivity contribution >= 4 is 16.5 Å². The normalized spacial score (nSPS) is 17.1. The van der Waals surface area contributed by atoms with Crippen molar-refractivity contribution in [3.63, 3.8) is 0 Å². The van der Waals surface area contributed by atoms with Crippen LogP contribution >= 0.6 is 0 Å². The van der Waals surface area contributed by atoms with Crippen LogP contribution in [0.4, 0.5) is 5.69 Å². The minimum atomic E-state index is 0.0698. The quantitative estimate of drug-likeness (QED) is 0.872. The maximum Gasteiger partial charge on any atom is 0.0370 e. The van der Waals surface area contributed by atoms with Gasteiger partial charge in [0, 0.05) is 24.8 Å². The molecule has 3 rings (SSSR count). The van der Waals surface area contributed by atoms with Crippen molar-refractivity contribution in [1.29, 1.82) is 0 Å². The van der Waals surface area contributed by atoms with E-state index in [9.17, 15) is 0 Å². The first-order valence-electron chi connectivity index (χ1n) is 6.15. The maximum absolute atomic E-state index is 6.16. The van der Waals surface area contributed by atoms with E-state index in [4.69, 9.17) is 5.73 Å². The molecule has 0 spiro atoms. The molecule has 1 aliphatic rings. The van der Waals surface area contributed by atoms with Gasteiger partial charge >= 0.3 is 0 Å². The summed E-state index contributed by atoms with van der Waals surface area (Å²) in [5.74, 6) is 0. The molecular formula is C15H18N2. The molecule has 2 N–H and O–H groups in total. The maximum atomic E-state index is 6.16. The van der Waals surface area contributed by atoms with Gasteiger partial charge in [-0.2, -0.15) is 0 Å². The number of nitrogens with two attached hydrogens (primary N) is 1. The van der Waals surface area contributed by atoms with E-state index in [0.717, 1.165) is 19.4 Å². The van der Waals surface area contributed by atoms with E-state index >= 15 is 0 Å². The van der Waals surface area contributed by atoms with Crippen LogP contribution in [0.5, 0.6) is 0 Å². The number of hydrogen-bond acceptors (Lipinski definition) is 2. The molecule has 1 fully saturated rings. The summed E-state index contributed by atoms with van der Waals surface area (Å²) in [6, 6.07) is 15.0. The molecule has 0 aliphatic heterocycles. The van der Waals surface area contributed by atoms with E-state index in [1.54, 1.807) is 0 Å². The number of likely N-dealkylation sites (N-methyl/N-ethyl adjacent to an activating group) is 1. The lowest BCUT2D eigenvalue weighted by molar-refractivity contribution is 0.661. The van der Waals surface area contributed by atoms with Gasteiger partial charge in [-0.05, 0) is 35.7 Å². The smallest absolute Gasteiger partial charge is 0.0370 e. The van der Waals surface area contributed by atoms with Crippen molar-refractivity contribution in [2.45, 2.75) is 18.4 Å². The van der Waals surface area contributed by atoms with Gasteiger partial charge in [-0.15, -0.1) is 0 Å². The molecule has 0 bridgehead atoms. The highest BCUT2D eigenvalue weighted by molar-refractivity contribution is 5.85. The second kappa shape index (κ2) is 3.74. The fourth-order valence-corrected chi connectivity index (χ4v) is 2.30. The summed E-state index contributed by atoms with van der Waals surface area (Å²) in [5.41, 5.74) is 7.48. The fourth-order valence-electron chi connectivity index (χ4n) is 2.30. The summed E-state index contributed by atoms with van der Waals surface area (Å²) in [7, 11) is 2.12.